The van der Waals surface area contributed by atoms with Gasteiger partial charge in [-0.25, -0.2) is 9.78 Å². The van der Waals surface area contributed by atoms with Crippen LogP contribution in [-0.2, 0) is 24.1 Å². The average molecular weight is 520 g/mol. The van der Waals surface area contributed by atoms with Gasteiger partial charge in [0, 0.05) is 24.0 Å². The van der Waals surface area contributed by atoms with Gasteiger partial charge in [-0.15, -0.1) is 11.3 Å². The summed E-state index contributed by atoms with van der Waals surface area (Å²) < 4.78 is 7.89. The van der Waals surface area contributed by atoms with E-state index in [9.17, 15) is 14.9 Å². The van der Waals surface area contributed by atoms with E-state index in [0.29, 0.717) is 22.8 Å². The minimum absolute atomic E-state index is 0.0608. The van der Waals surface area contributed by atoms with Crippen molar-refractivity contribution in [2.24, 2.45) is 0 Å². The summed E-state index contributed by atoms with van der Waals surface area (Å²) in [4.78, 5) is 34.9. The first-order valence-corrected chi connectivity index (χ1v) is 13.8. The maximum absolute atomic E-state index is 14.0. The van der Waals surface area contributed by atoms with E-state index in [1.165, 1.54) is 10.4 Å². The van der Waals surface area contributed by atoms with E-state index in [1.54, 1.807) is 22.0 Å². The van der Waals surface area contributed by atoms with Crippen molar-refractivity contribution in [1.29, 1.82) is 5.26 Å². The molecule has 0 spiro atoms. The third-order valence-electron chi connectivity index (χ3n) is 6.93. The number of ether oxygens (including phenoxy) is 1. The second-order valence-electron chi connectivity index (χ2n) is 10.9. The molecule has 1 saturated heterocycles. The van der Waals surface area contributed by atoms with Gasteiger partial charge in [0.25, 0.3) is 5.56 Å². The number of hydrogen-bond acceptors (Lipinski definition) is 7. The van der Waals surface area contributed by atoms with Crippen molar-refractivity contribution < 1.29 is 9.53 Å². The predicted molar refractivity (Wildman–Crippen MR) is 145 cm³/mol. The largest absolute Gasteiger partial charge is 0.444 e. The van der Waals surface area contributed by atoms with Crippen molar-refractivity contribution in [3.8, 4) is 6.07 Å². The van der Waals surface area contributed by atoms with E-state index in [2.05, 4.69) is 16.3 Å². The zero-order chi connectivity index (χ0) is 26.2. The van der Waals surface area contributed by atoms with Gasteiger partial charge in [0.15, 0.2) is 0 Å². The number of alkyl carbamates (subject to hydrolysis) is 1. The normalized spacial score (nSPS) is 17.8. The molecule has 1 fully saturated rings. The fraction of sp³-hybridized carbons (Fsp3) is 0.500. The van der Waals surface area contributed by atoms with Crippen molar-refractivity contribution >= 4 is 33.6 Å². The molecule has 194 valence electrons. The Morgan fingerprint density at radius 1 is 1.24 bits per heavy atom. The van der Waals surface area contributed by atoms with Gasteiger partial charge in [0.05, 0.1) is 23.7 Å². The predicted octanol–water partition coefficient (Wildman–Crippen LogP) is 4.75. The Hall–Kier alpha value is -3.38. The number of rotatable bonds is 4. The van der Waals surface area contributed by atoms with Crippen molar-refractivity contribution in [3.05, 3.63) is 56.2 Å². The first-order valence-electron chi connectivity index (χ1n) is 13.0. The number of fused-ring (bicyclic) bond motifs is 3. The zero-order valence-electron chi connectivity index (χ0n) is 21.7. The Balaban J connectivity index is 1.55. The molecule has 3 heterocycles. The van der Waals surface area contributed by atoms with Crippen molar-refractivity contribution in [2.75, 3.05) is 18.0 Å². The monoisotopic (exact) mass is 519 g/mol. The Kier molecular flexibility index (Phi) is 6.95. The number of carbonyl (C=O) groups excluding carboxylic acids is 1. The fourth-order valence-corrected chi connectivity index (χ4v) is 6.54. The fourth-order valence-electron chi connectivity index (χ4n) is 5.26. The van der Waals surface area contributed by atoms with Crippen molar-refractivity contribution in [1.82, 2.24) is 14.9 Å². The average Bonchev–Trinajstić information content (AvgIpc) is 3.24. The highest BCUT2D eigenvalue weighted by molar-refractivity contribution is 7.19. The topological polar surface area (TPSA) is 100 Å². The maximum Gasteiger partial charge on any atom is 0.407 e. The van der Waals surface area contributed by atoms with Crippen LogP contribution in [0.2, 0.25) is 0 Å². The summed E-state index contributed by atoms with van der Waals surface area (Å²) in [6.45, 7) is 7.07. The molecular weight excluding hydrogens is 486 g/mol. The third kappa shape index (κ3) is 5.35. The molecule has 9 heteroatoms. The SMILES string of the molecule is CC(C)(C)OC(=O)N[C@H]1CCCN(c2nc3c4c(sc3c(=O)n2Cc2ccccc2C#N)CCCC4)C1. The van der Waals surface area contributed by atoms with Crippen LogP contribution in [0.4, 0.5) is 10.7 Å². The molecule has 0 unspecified atom stereocenters. The van der Waals surface area contributed by atoms with Gasteiger partial charge in [-0.3, -0.25) is 9.36 Å². The highest BCUT2D eigenvalue weighted by Crippen LogP contribution is 2.35. The van der Waals surface area contributed by atoms with E-state index >= 15 is 0 Å². The number of nitriles is 1. The van der Waals surface area contributed by atoms with Crippen LogP contribution in [-0.4, -0.2) is 40.4 Å². The molecule has 1 N–H and O–H groups in total. The van der Waals surface area contributed by atoms with E-state index in [0.717, 1.165) is 56.1 Å². The number of aryl methyl sites for hydroxylation is 2. The van der Waals surface area contributed by atoms with Gasteiger partial charge < -0.3 is 15.0 Å². The lowest BCUT2D eigenvalue weighted by Gasteiger charge is -2.35. The molecule has 1 amide bonds. The van der Waals surface area contributed by atoms with Crippen molar-refractivity contribution in [3.63, 3.8) is 0 Å². The maximum atomic E-state index is 14.0. The molecule has 0 saturated carbocycles. The molecule has 1 atom stereocenters. The second-order valence-corrected chi connectivity index (χ2v) is 12.0. The van der Waals surface area contributed by atoms with E-state index in [4.69, 9.17) is 9.72 Å². The Bertz CT molecular complexity index is 1430. The molecular formula is C28H33N5O3S. The second kappa shape index (κ2) is 10.2. The summed E-state index contributed by atoms with van der Waals surface area (Å²) in [6, 6.07) is 9.52. The van der Waals surface area contributed by atoms with Gasteiger partial charge in [0.2, 0.25) is 5.95 Å². The smallest absolute Gasteiger partial charge is 0.407 e. The number of hydrogen-bond donors (Lipinski definition) is 1. The van der Waals surface area contributed by atoms with Crippen LogP contribution in [0.25, 0.3) is 10.2 Å². The molecule has 5 rings (SSSR count). The Morgan fingerprint density at radius 3 is 2.81 bits per heavy atom. The molecule has 3 aromatic rings. The molecule has 8 nitrogen and oxygen atoms in total. The van der Waals surface area contributed by atoms with Gasteiger partial charge in [-0.1, -0.05) is 18.2 Å². The van der Waals surface area contributed by atoms with E-state index < -0.39 is 11.7 Å². The Labute approximate surface area is 220 Å². The summed E-state index contributed by atoms with van der Waals surface area (Å²) in [5.74, 6) is 0.604. The lowest BCUT2D eigenvalue weighted by Crippen LogP contribution is -2.50. The van der Waals surface area contributed by atoms with Gasteiger partial charge in [-0.05, 0) is 76.5 Å². The standard InChI is InChI=1S/C28H33N5O3S/c1-28(2,3)36-27(35)30-20-11-8-14-32(17-20)26-31-23-21-12-6-7-13-22(21)37-24(23)25(34)33(26)16-19-10-5-4-9-18(19)15-29/h4-5,9-10,20H,6-8,11-14,16-17H2,1-3H3,(H,30,35)/t20-/m0/s1. The molecule has 2 aromatic heterocycles. The van der Waals surface area contributed by atoms with Crippen LogP contribution < -0.4 is 15.8 Å². The highest BCUT2D eigenvalue weighted by atomic mass is 32.1. The number of amides is 1. The number of benzene rings is 1. The minimum atomic E-state index is -0.572. The molecule has 2 aliphatic rings. The summed E-state index contributed by atoms with van der Waals surface area (Å²) >= 11 is 1.58. The summed E-state index contributed by atoms with van der Waals surface area (Å²) in [5.41, 5.74) is 2.75. The number of aromatic nitrogens is 2. The Morgan fingerprint density at radius 2 is 2.03 bits per heavy atom. The lowest BCUT2D eigenvalue weighted by molar-refractivity contribution is 0.0499. The van der Waals surface area contributed by atoms with Crippen LogP contribution >= 0.6 is 11.3 Å². The minimum Gasteiger partial charge on any atom is -0.444 e. The van der Waals surface area contributed by atoms with Crippen LogP contribution in [0.15, 0.2) is 29.1 Å². The number of nitrogens with zero attached hydrogens (tertiary/aromatic N) is 4. The van der Waals surface area contributed by atoms with Crippen LogP contribution in [0.1, 0.15) is 68.0 Å². The molecule has 1 aliphatic carbocycles. The number of nitrogens with one attached hydrogen (secondary N) is 1. The highest BCUT2D eigenvalue weighted by Gasteiger charge is 2.29. The summed E-state index contributed by atoms with van der Waals surface area (Å²) in [5, 5.41) is 12.7. The molecule has 1 aliphatic heterocycles. The van der Waals surface area contributed by atoms with Crippen molar-refractivity contribution in [2.45, 2.75) is 77.5 Å². The number of carbonyl (C=O) groups is 1. The summed E-state index contributed by atoms with van der Waals surface area (Å²) in [7, 11) is 0. The number of piperidine rings is 1. The van der Waals surface area contributed by atoms with Gasteiger partial charge in [0.1, 0.15) is 10.3 Å². The van der Waals surface area contributed by atoms with E-state index in [-0.39, 0.29) is 18.1 Å². The van der Waals surface area contributed by atoms with E-state index in [1.807, 2.05) is 39.0 Å². The summed E-state index contributed by atoms with van der Waals surface area (Å²) in [6.07, 6.45) is 5.44. The van der Waals surface area contributed by atoms with Gasteiger partial charge in [-0.2, -0.15) is 5.26 Å². The van der Waals surface area contributed by atoms with Crippen LogP contribution in [0, 0.1) is 11.3 Å². The molecule has 0 radical (unpaired) electrons. The van der Waals surface area contributed by atoms with Crippen LogP contribution in [0.5, 0.6) is 0 Å². The molecule has 37 heavy (non-hydrogen) atoms. The third-order valence-corrected chi connectivity index (χ3v) is 8.20. The number of anilines is 1. The zero-order valence-corrected chi connectivity index (χ0v) is 22.5. The van der Waals surface area contributed by atoms with Gasteiger partial charge >= 0.3 is 6.09 Å². The quantitative estimate of drug-likeness (QED) is 0.534. The molecule has 0 bridgehead atoms. The first kappa shape index (κ1) is 25.3. The van der Waals surface area contributed by atoms with Crippen LogP contribution in [0.3, 0.4) is 0 Å². The lowest BCUT2D eigenvalue weighted by atomic mass is 9.98. The molecule has 1 aromatic carbocycles. The first-order chi connectivity index (χ1) is 17.7. The number of thiophene rings is 1.